The van der Waals surface area contributed by atoms with Crippen molar-refractivity contribution in [1.29, 1.82) is 0 Å². The fourth-order valence-electron chi connectivity index (χ4n) is 2.64. The molecule has 1 atom stereocenters. The van der Waals surface area contributed by atoms with Crippen LogP contribution in [0, 0.1) is 0 Å². The third kappa shape index (κ3) is 11.6. The van der Waals surface area contributed by atoms with Crippen molar-refractivity contribution in [2.75, 3.05) is 46.1 Å². The highest BCUT2D eigenvalue weighted by molar-refractivity contribution is 14.0. The molecule has 1 aromatic heterocycles. The van der Waals surface area contributed by atoms with E-state index in [1.165, 1.54) is 0 Å². The van der Waals surface area contributed by atoms with Crippen LogP contribution in [-0.2, 0) is 20.8 Å². The van der Waals surface area contributed by atoms with Gasteiger partial charge in [0.05, 0.1) is 19.0 Å². The number of nitrogens with one attached hydrogen (secondary N) is 2. The van der Waals surface area contributed by atoms with Crippen molar-refractivity contribution in [1.82, 2.24) is 10.6 Å². The number of rotatable bonds is 13. The van der Waals surface area contributed by atoms with E-state index in [0.29, 0.717) is 25.9 Å². The van der Waals surface area contributed by atoms with Gasteiger partial charge in [-0.1, -0.05) is 0 Å². The van der Waals surface area contributed by atoms with Gasteiger partial charge in [0.25, 0.3) is 0 Å². The number of guanidine groups is 1. The Morgan fingerprint density at radius 1 is 1.26 bits per heavy atom. The molecule has 0 spiro atoms. The van der Waals surface area contributed by atoms with Crippen LogP contribution in [0.5, 0.6) is 0 Å². The summed E-state index contributed by atoms with van der Waals surface area (Å²) in [5.74, 6) is 1.70. The number of furan rings is 1. The van der Waals surface area contributed by atoms with E-state index in [1.54, 1.807) is 6.26 Å². The molecular formula is C19H34IN3O4. The molecule has 0 radical (unpaired) electrons. The Morgan fingerprint density at radius 2 is 2.15 bits per heavy atom. The first kappa shape index (κ1) is 24.2. The molecule has 2 rings (SSSR count). The van der Waals surface area contributed by atoms with Gasteiger partial charge in [0.15, 0.2) is 5.96 Å². The van der Waals surface area contributed by atoms with E-state index in [-0.39, 0.29) is 24.0 Å². The van der Waals surface area contributed by atoms with Gasteiger partial charge in [-0.3, -0.25) is 4.99 Å². The first-order valence-electron chi connectivity index (χ1n) is 9.70. The molecule has 8 heteroatoms. The quantitative estimate of drug-likeness (QED) is 0.190. The maximum absolute atomic E-state index is 5.67. The van der Waals surface area contributed by atoms with E-state index in [0.717, 1.165) is 70.3 Å². The second-order valence-electron chi connectivity index (χ2n) is 6.24. The topological polar surface area (TPSA) is 77.3 Å². The van der Waals surface area contributed by atoms with Crippen LogP contribution in [0.4, 0.5) is 0 Å². The van der Waals surface area contributed by atoms with E-state index < -0.39 is 0 Å². The fourth-order valence-corrected chi connectivity index (χ4v) is 2.64. The second kappa shape index (κ2) is 16.1. The molecule has 0 amide bonds. The minimum Gasteiger partial charge on any atom is -0.467 e. The zero-order valence-corrected chi connectivity index (χ0v) is 18.6. The summed E-state index contributed by atoms with van der Waals surface area (Å²) in [7, 11) is 0. The van der Waals surface area contributed by atoms with E-state index >= 15 is 0 Å². The lowest BCUT2D eigenvalue weighted by atomic mass is 10.2. The third-order valence-electron chi connectivity index (χ3n) is 3.97. The highest BCUT2D eigenvalue weighted by Gasteiger charge is 2.14. The molecule has 1 aliphatic heterocycles. The Hall–Kier alpha value is -0.840. The van der Waals surface area contributed by atoms with Crippen molar-refractivity contribution in [2.24, 2.45) is 4.99 Å². The molecule has 0 bridgehead atoms. The smallest absolute Gasteiger partial charge is 0.191 e. The lowest BCUT2D eigenvalue weighted by molar-refractivity contribution is 0.0168. The molecule has 0 saturated carbocycles. The normalized spacial score (nSPS) is 16.9. The van der Waals surface area contributed by atoms with Crippen LogP contribution in [0.3, 0.4) is 0 Å². The van der Waals surface area contributed by atoms with Crippen LogP contribution < -0.4 is 10.6 Å². The Bertz CT molecular complexity index is 479. The highest BCUT2D eigenvalue weighted by Crippen LogP contribution is 2.11. The Balaban J connectivity index is 0.00000364. The molecule has 156 valence electrons. The average molecular weight is 495 g/mol. The Morgan fingerprint density at radius 3 is 2.89 bits per heavy atom. The van der Waals surface area contributed by atoms with E-state index in [2.05, 4.69) is 22.5 Å². The largest absolute Gasteiger partial charge is 0.467 e. The van der Waals surface area contributed by atoms with Gasteiger partial charge < -0.3 is 29.3 Å². The number of hydrogen-bond donors (Lipinski definition) is 2. The predicted octanol–water partition coefficient (Wildman–Crippen LogP) is 2.95. The van der Waals surface area contributed by atoms with E-state index in [9.17, 15) is 0 Å². The lowest BCUT2D eigenvalue weighted by Gasteiger charge is -2.12. The summed E-state index contributed by atoms with van der Waals surface area (Å²) < 4.78 is 22.0. The average Bonchev–Trinajstić information content (AvgIpc) is 3.34. The van der Waals surface area contributed by atoms with Gasteiger partial charge in [0, 0.05) is 39.5 Å². The van der Waals surface area contributed by atoms with E-state index in [4.69, 9.17) is 18.6 Å². The fraction of sp³-hybridized carbons (Fsp3) is 0.737. The molecule has 1 aliphatic rings. The standard InChI is InChI=1S/C19H33N3O4.HI/c1-2-20-19(21-9-5-11-23-15-17-7-3-13-25-17)22-10-6-12-24-16-18-8-4-14-26-18;/h3,7,13,18H,2,4-6,8-12,14-16H2,1H3,(H2,20,21,22);1H. The van der Waals surface area contributed by atoms with Crippen LogP contribution in [0.1, 0.15) is 38.4 Å². The van der Waals surface area contributed by atoms with Gasteiger partial charge in [-0.15, -0.1) is 24.0 Å². The SMILES string of the molecule is CCNC(=NCCCOCc1ccco1)NCCCOCC1CCCO1.I. The maximum atomic E-state index is 5.67. The first-order chi connectivity index (χ1) is 12.9. The molecule has 2 heterocycles. The zero-order chi connectivity index (χ0) is 18.3. The molecule has 1 saturated heterocycles. The minimum atomic E-state index is 0. The number of hydrogen-bond acceptors (Lipinski definition) is 5. The van der Waals surface area contributed by atoms with Gasteiger partial charge in [0.1, 0.15) is 12.4 Å². The van der Waals surface area contributed by atoms with Crippen LogP contribution in [-0.4, -0.2) is 58.1 Å². The minimum absolute atomic E-state index is 0. The summed E-state index contributed by atoms with van der Waals surface area (Å²) in [5, 5.41) is 6.59. The molecule has 1 aromatic rings. The van der Waals surface area contributed by atoms with Crippen molar-refractivity contribution in [2.45, 2.75) is 45.3 Å². The molecule has 1 unspecified atom stereocenters. The predicted molar refractivity (Wildman–Crippen MR) is 117 cm³/mol. The van der Waals surface area contributed by atoms with Gasteiger partial charge >= 0.3 is 0 Å². The van der Waals surface area contributed by atoms with Crippen molar-refractivity contribution >= 4 is 29.9 Å². The molecule has 27 heavy (non-hydrogen) atoms. The van der Waals surface area contributed by atoms with Gasteiger partial charge in [-0.05, 0) is 44.7 Å². The van der Waals surface area contributed by atoms with Crippen LogP contribution in [0.2, 0.25) is 0 Å². The van der Waals surface area contributed by atoms with Crippen molar-refractivity contribution in [3.63, 3.8) is 0 Å². The molecule has 7 nitrogen and oxygen atoms in total. The van der Waals surface area contributed by atoms with Crippen LogP contribution in [0.15, 0.2) is 27.8 Å². The summed E-state index contributed by atoms with van der Waals surface area (Å²) in [5.41, 5.74) is 0. The highest BCUT2D eigenvalue weighted by atomic mass is 127. The number of aliphatic imine (C=N–C) groups is 1. The van der Waals surface area contributed by atoms with Gasteiger partial charge in [-0.25, -0.2) is 0 Å². The molecule has 1 fully saturated rings. The molecular weight excluding hydrogens is 461 g/mol. The number of ether oxygens (including phenoxy) is 3. The first-order valence-corrected chi connectivity index (χ1v) is 9.70. The van der Waals surface area contributed by atoms with Gasteiger partial charge in [-0.2, -0.15) is 0 Å². The summed E-state index contributed by atoms with van der Waals surface area (Å²) in [4.78, 5) is 4.56. The second-order valence-corrected chi connectivity index (χ2v) is 6.24. The summed E-state index contributed by atoms with van der Waals surface area (Å²) in [6.45, 7) is 7.99. The van der Waals surface area contributed by atoms with Crippen molar-refractivity contribution in [3.8, 4) is 0 Å². The molecule has 0 aromatic carbocycles. The molecule has 2 N–H and O–H groups in total. The van der Waals surface area contributed by atoms with Crippen LogP contribution >= 0.6 is 24.0 Å². The molecule has 0 aliphatic carbocycles. The monoisotopic (exact) mass is 495 g/mol. The van der Waals surface area contributed by atoms with E-state index in [1.807, 2.05) is 12.1 Å². The zero-order valence-electron chi connectivity index (χ0n) is 16.3. The Labute approximate surface area is 179 Å². The Kier molecular flexibility index (Phi) is 14.5. The lowest BCUT2D eigenvalue weighted by Crippen LogP contribution is -2.38. The summed E-state index contributed by atoms with van der Waals surface area (Å²) in [6, 6.07) is 3.78. The van der Waals surface area contributed by atoms with Gasteiger partial charge in [0.2, 0.25) is 0 Å². The summed E-state index contributed by atoms with van der Waals surface area (Å²) >= 11 is 0. The van der Waals surface area contributed by atoms with Crippen molar-refractivity contribution < 1.29 is 18.6 Å². The number of nitrogens with zero attached hydrogens (tertiary/aromatic N) is 1. The summed E-state index contributed by atoms with van der Waals surface area (Å²) in [6.07, 6.45) is 6.07. The number of halogens is 1. The maximum Gasteiger partial charge on any atom is 0.191 e. The van der Waals surface area contributed by atoms with Crippen molar-refractivity contribution in [3.05, 3.63) is 24.2 Å². The van der Waals surface area contributed by atoms with Crippen LogP contribution in [0.25, 0.3) is 0 Å². The third-order valence-corrected chi connectivity index (χ3v) is 3.97.